The van der Waals surface area contributed by atoms with E-state index < -0.39 is 11.4 Å². The van der Waals surface area contributed by atoms with Crippen molar-refractivity contribution in [3.63, 3.8) is 0 Å². The molecule has 1 amide bonds. The zero-order valence-electron chi connectivity index (χ0n) is 12.6. The van der Waals surface area contributed by atoms with Gasteiger partial charge in [-0.25, -0.2) is 4.79 Å². The largest absolute Gasteiger partial charge is 0.463 e. The first-order valence-corrected chi connectivity index (χ1v) is 6.45. The quantitative estimate of drug-likeness (QED) is 0.773. The van der Waals surface area contributed by atoms with E-state index in [0.29, 0.717) is 12.3 Å². The van der Waals surface area contributed by atoms with Gasteiger partial charge in [-0.1, -0.05) is 0 Å². The van der Waals surface area contributed by atoms with Crippen molar-refractivity contribution < 1.29 is 18.7 Å². The van der Waals surface area contributed by atoms with E-state index in [1.807, 2.05) is 20.8 Å². The van der Waals surface area contributed by atoms with Crippen LogP contribution in [0.3, 0.4) is 0 Å². The molecule has 1 atom stereocenters. The Balaban J connectivity index is 2.63. The van der Waals surface area contributed by atoms with Crippen LogP contribution in [0.1, 0.15) is 43.1 Å². The van der Waals surface area contributed by atoms with E-state index in [1.54, 1.807) is 19.2 Å². The molecular weight excluding hydrogens is 260 g/mol. The summed E-state index contributed by atoms with van der Waals surface area (Å²) in [4.78, 5) is 23.0. The minimum atomic E-state index is -0.527. The summed E-state index contributed by atoms with van der Waals surface area (Å²) in [6, 6.07) is 3.18. The number of amides is 1. The Hall–Kier alpha value is -1.82. The molecule has 6 heteroatoms. The van der Waals surface area contributed by atoms with Crippen LogP contribution < -0.4 is 10.6 Å². The number of carbonyl (C=O) groups is 2. The topological polar surface area (TPSA) is 80.6 Å². The SMILES string of the molecule is CNC(=O)C(C)(C)CNC(C)c1ccc(C(=O)OC)o1. The highest BCUT2D eigenvalue weighted by Crippen LogP contribution is 2.20. The van der Waals surface area contributed by atoms with Crippen molar-refractivity contribution in [1.82, 2.24) is 10.6 Å². The van der Waals surface area contributed by atoms with Gasteiger partial charge in [0.05, 0.1) is 18.6 Å². The van der Waals surface area contributed by atoms with E-state index in [2.05, 4.69) is 15.4 Å². The number of hydrogen-bond acceptors (Lipinski definition) is 5. The van der Waals surface area contributed by atoms with Crippen molar-refractivity contribution in [2.75, 3.05) is 20.7 Å². The summed E-state index contributed by atoms with van der Waals surface area (Å²) >= 11 is 0. The summed E-state index contributed by atoms with van der Waals surface area (Å²) in [5.74, 6) is 0.251. The van der Waals surface area contributed by atoms with Crippen LogP contribution in [0.15, 0.2) is 16.5 Å². The zero-order valence-corrected chi connectivity index (χ0v) is 12.6. The number of hydrogen-bond donors (Lipinski definition) is 2. The molecule has 0 aliphatic heterocycles. The lowest BCUT2D eigenvalue weighted by molar-refractivity contribution is -0.128. The monoisotopic (exact) mass is 282 g/mol. The Labute approximate surface area is 118 Å². The van der Waals surface area contributed by atoms with Gasteiger partial charge in [-0.3, -0.25) is 4.79 Å². The first kappa shape index (κ1) is 16.2. The van der Waals surface area contributed by atoms with Gasteiger partial charge in [-0.15, -0.1) is 0 Å². The number of carbonyl (C=O) groups excluding carboxylic acids is 2. The van der Waals surface area contributed by atoms with Crippen LogP contribution in [0.4, 0.5) is 0 Å². The van der Waals surface area contributed by atoms with Crippen molar-refractivity contribution in [1.29, 1.82) is 0 Å². The number of ether oxygens (including phenoxy) is 1. The molecule has 20 heavy (non-hydrogen) atoms. The lowest BCUT2D eigenvalue weighted by atomic mass is 9.92. The fraction of sp³-hybridized carbons (Fsp3) is 0.571. The molecule has 0 aliphatic carbocycles. The summed E-state index contributed by atoms with van der Waals surface area (Å²) in [5, 5.41) is 5.85. The summed E-state index contributed by atoms with van der Waals surface area (Å²) in [6.45, 7) is 6.10. The Bertz CT molecular complexity index is 479. The predicted octanol–water partition coefficient (Wildman–Crippen LogP) is 1.49. The lowest BCUT2D eigenvalue weighted by Crippen LogP contribution is -2.42. The van der Waals surface area contributed by atoms with Crippen LogP contribution in [-0.4, -0.2) is 32.6 Å². The number of rotatable bonds is 6. The average molecular weight is 282 g/mol. The third-order valence-corrected chi connectivity index (χ3v) is 3.13. The fourth-order valence-electron chi connectivity index (χ4n) is 1.72. The molecule has 0 spiro atoms. The normalized spacial score (nSPS) is 12.8. The minimum absolute atomic E-state index is 0.0353. The van der Waals surface area contributed by atoms with E-state index >= 15 is 0 Å². The van der Waals surface area contributed by atoms with Crippen LogP contribution in [0, 0.1) is 5.41 Å². The summed E-state index contributed by atoms with van der Waals surface area (Å²) in [6.07, 6.45) is 0. The van der Waals surface area contributed by atoms with E-state index in [9.17, 15) is 9.59 Å². The first-order chi connectivity index (χ1) is 9.31. The van der Waals surface area contributed by atoms with Crippen LogP contribution in [0.2, 0.25) is 0 Å². The molecule has 112 valence electrons. The standard InChI is InChI=1S/C14H22N2O4/c1-9(16-8-14(2,3)13(18)15-4)10-6-7-11(20-10)12(17)19-5/h6-7,9,16H,8H2,1-5H3,(H,15,18). The van der Waals surface area contributed by atoms with Gasteiger partial charge < -0.3 is 19.8 Å². The van der Waals surface area contributed by atoms with Crippen LogP contribution in [0.25, 0.3) is 0 Å². The number of methoxy groups -OCH3 is 1. The molecule has 0 aliphatic rings. The number of esters is 1. The molecule has 0 radical (unpaired) electrons. The lowest BCUT2D eigenvalue weighted by Gasteiger charge is -2.24. The molecule has 1 heterocycles. The molecule has 0 fully saturated rings. The third kappa shape index (κ3) is 3.84. The average Bonchev–Trinajstić information content (AvgIpc) is 2.92. The van der Waals surface area contributed by atoms with E-state index in [1.165, 1.54) is 7.11 Å². The van der Waals surface area contributed by atoms with Gasteiger partial charge in [-0.2, -0.15) is 0 Å². The van der Waals surface area contributed by atoms with E-state index in [0.717, 1.165) is 0 Å². The van der Waals surface area contributed by atoms with Gasteiger partial charge in [0.2, 0.25) is 11.7 Å². The fourth-order valence-corrected chi connectivity index (χ4v) is 1.72. The van der Waals surface area contributed by atoms with E-state index in [4.69, 9.17) is 4.42 Å². The zero-order chi connectivity index (χ0) is 15.3. The second kappa shape index (κ2) is 6.56. The molecule has 1 unspecified atom stereocenters. The van der Waals surface area contributed by atoms with Gasteiger partial charge in [0.15, 0.2) is 0 Å². The molecule has 0 bridgehead atoms. The summed E-state index contributed by atoms with van der Waals surface area (Å²) in [5.41, 5.74) is -0.527. The molecule has 1 aromatic rings. The van der Waals surface area contributed by atoms with Crippen LogP contribution >= 0.6 is 0 Å². The number of furan rings is 1. The maximum Gasteiger partial charge on any atom is 0.373 e. The van der Waals surface area contributed by atoms with Gasteiger partial charge in [0.25, 0.3) is 0 Å². The molecule has 2 N–H and O–H groups in total. The summed E-state index contributed by atoms with van der Waals surface area (Å²) in [7, 11) is 2.92. The highest BCUT2D eigenvalue weighted by Gasteiger charge is 2.27. The third-order valence-electron chi connectivity index (χ3n) is 3.13. The van der Waals surface area contributed by atoms with Crippen molar-refractivity contribution >= 4 is 11.9 Å². The molecular formula is C14H22N2O4. The Morgan fingerprint density at radius 1 is 1.40 bits per heavy atom. The maximum atomic E-state index is 11.7. The summed E-state index contributed by atoms with van der Waals surface area (Å²) < 4.78 is 10.00. The van der Waals surface area contributed by atoms with Gasteiger partial charge in [-0.05, 0) is 32.9 Å². The van der Waals surface area contributed by atoms with Crippen molar-refractivity contribution in [2.45, 2.75) is 26.8 Å². The van der Waals surface area contributed by atoms with Crippen LogP contribution in [0.5, 0.6) is 0 Å². The Kier molecular flexibility index (Phi) is 5.33. The second-order valence-electron chi connectivity index (χ2n) is 5.26. The molecule has 1 aromatic heterocycles. The first-order valence-electron chi connectivity index (χ1n) is 6.45. The molecule has 0 aromatic carbocycles. The van der Waals surface area contributed by atoms with Gasteiger partial charge in [0, 0.05) is 13.6 Å². The van der Waals surface area contributed by atoms with Crippen LogP contribution in [-0.2, 0) is 9.53 Å². The number of nitrogens with one attached hydrogen (secondary N) is 2. The van der Waals surface area contributed by atoms with Gasteiger partial charge >= 0.3 is 5.97 Å². The van der Waals surface area contributed by atoms with Crippen molar-refractivity contribution in [3.05, 3.63) is 23.7 Å². The maximum absolute atomic E-state index is 11.7. The second-order valence-corrected chi connectivity index (χ2v) is 5.26. The molecule has 1 rings (SSSR count). The van der Waals surface area contributed by atoms with E-state index in [-0.39, 0.29) is 17.7 Å². The smallest absolute Gasteiger partial charge is 0.373 e. The van der Waals surface area contributed by atoms with Gasteiger partial charge in [0.1, 0.15) is 5.76 Å². The minimum Gasteiger partial charge on any atom is -0.463 e. The predicted molar refractivity (Wildman–Crippen MR) is 74.3 cm³/mol. The van der Waals surface area contributed by atoms with Crippen molar-refractivity contribution in [2.24, 2.45) is 5.41 Å². The molecule has 6 nitrogen and oxygen atoms in total. The molecule has 0 saturated heterocycles. The highest BCUT2D eigenvalue weighted by molar-refractivity contribution is 5.86. The van der Waals surface area contributed by atoms with Crippen molar-refractivity contribution in [3.8, 4) is 0 Å². The highest BCUT2D eigenvalue weighted by atomic mass is 16.5. The Morgan fingerprint density at radius 3 is 2.60 bits per heavy atom. The Morgan fingerprint density at radius 2 is 2.05 bits per heavy atom. The molecule has 0 saturated carbocycles.